The van der Waals surface area contributed by atoms with Crippen LogP contribution in [0.1, 0.15) is 42.5 Å². The van der Waals surface area contributed by atoms with E-state index in [1.54, 1.807) is 11.3 Å². The SMILES string of the molecule is CCOC(=O)C1CCC(NCc2cnc(C)s2)CC1. The molecule has 2 rings (SSSR count). The normalized spacial score (nSPS) is 23.3. The van der Waals surface area contributed by atoms with Crippen molar-refractivity contribution in [2.45, 2.75) is 52.1 Å². The highest BCUT2D eigenvalue weighted by Gasteiger charge is 2.26. The lowest BCUT2D eigenvalue weighted by atomic mass is 9.86. The number of nitrogens with zero attached hydrogens (tertiary/aromatic N) is 1. The second-order valence-electron chi connectivity index (χ2n) is 5.03. The standard InChI is InChI=1S/C14H22N2O2S/c1-3-18-14(17)11-4-6-12(7-5-11)16-9-13-8-15-10(2)19-13/h8,11-12,16H,3-7,9H2,1-2H3. The highest BCUT2D eigenvalue weighted by atomic mass is 32.1. The van der Waals surface area contributed by atoms with E-state index in [9.17, 15) is 4.79 Å². The first-order valence-corrected chi connectivity index (χ1v) is 7.82. The van der Waals surface area contributed by atoms with Crippen LogP contribution in [0, 0.1) is 12.8 Å². The summed E-state index contributed by atoms with van der Waals surface area (Å²) >= 11 is 1.74. The lowest BCUT2D eigenvalue weighted by Gasteiger charge is -2.27. The van der Waals surface area contributed by atoms with Crippen molar-refractivity contribution in [1.29, 1.82) is 0 Å². The lowest BCUT2D eigenvalue weighted by molar-refractivity contribution is -0.149. The molecule has 1 heterocycles. The van der Waals surface area contributed by atoms with Crippen LogP contribution in [0.5, 0.6) is 0 Å². The zero-order valence-corrected chi connectivity index (χ0v) is 12.5. The van der Waals surface area contributed by atoms with Gasteiger partial charge in [-0.3, -0.25) is 4.79 Å². The van der Waals surface area contributed by atoms with Gasteiger partial charge in [0.05, 0.1) is 17.5 Å². The Hall–Kier alpha value is -0.940. The number of rotatable bonds is 5. The average molecular weight is 282 g/mol. The van der Waals surface area contributed by atoms with Gasteiger partial charge in [-0.1, -0.05) is 0 Å². The van der Waals surface area contributed by atoms with Crippen LogP contribution in [0.4, 0.5) is 0 Å². The number of ether oxygens (including phenoxy) is 1. The minimum atomic E-state index is -0.0148. The summed E-state index contributed by atoms with van der Waals surface area (Å²) in [6.07, 6.45) is 5.94. The van der Waals surface area contributed by atoms with Crippen molar-refractivity contribution < 1.29 is 9.53 Å². The molecule has 1 aliphatic rings. The third-order valence-electron chi connectivity index (χ3n) is 3.58. The van der Waals surface area contributed by atoms with Crippen molar-refractivity contribution >= 4 is 17.3 Å². The molecular formula is C14H22N2O2S. The van der Waals surface area contributed by atoms with Gasteiger partial charge in [-0.2, -0.15) is 0 Å². The maximum atomic E-state index is 11.6. The average Bonchev–Trinajstić information content (AvgIpc) is 2.83. The van der Waals surface area contributed by atoms with E-state index in [0.717, 1.165) is 37.2 Å². The van der Waals surface area contributed by atoms with Gasteiger partial charge in [0.1, 0.15) is 0 Å². The summed E-state index contributed by atoms with van der Waals surface area (Å²) in [7, 11) is 0. The van der Waals surface area contributed by atoms with Crippen LogP contribution >= 0.6 is 11.3 Å². The van der Waals surface area contributed by atoms with Crippen molar-refractivity contribution in [2.24, 2.45) is 5.92 Å². The zero-order chi connectivity index (χ0) is 13.7. The van der Waals surface area contributed by atoms with Gasteiger partial charge in [0.25, 0.3) is 0 Å². The minimum Gasteiger partial charge on any atom is -0.466 e. The van der Waals surface area contributed by atoms with E-state index in [-0.39, 0.29) is 11.9 Å². The first-order chi connectivity index (χ1) is 9.19. The van der Waals surface area contributed by atoms with E-state index in [0.29, 0.717) is 12.6 Å². The molecule has 106 valence electrons. The summed E-state index contributed by atoms with van der Waals surface area (Å²) in [6, 6.07) is 0.521. The Morgan fingerprint density at radius 1 is 1.47 bits per heavy atom. The lowest BCUT2D eigenvalue weighted by Crippen LogP contribution is -2.34. The molecule has 0 atom stereocenters. The molecule has 0 spiro atoms. The second-order valence-corrected chi connectivity index (χ2v) is 6.35. The molecule has 1 aromatic heterocycles. The number of hydrogen-bond acceptors (Lipinski definition) is 5. The van der Waals surface area contributed by atoms with Crippen LogP contribution in [-0.2, 0) is 16.1 Å². The largest absolute Gasteiger partial charge is 0.466 e. The third kappa shape index (κ3) is 4.28. The number of nitrogens with one attached hydrogen (secondary N) is 1. The first kappa shape index (κ1) is 14.5. The molecule has 0 bridgehead atoms. The fourth-order valence-electron chi connectivity index (χ4n) is 2.53. The second kappa shape index (κ2) is 7.01. The van der Waals surface area contributed by atoms with E-state index >= 15 is 0 Å². The number of carbonyl (C=O) groups excluding carboxylic acids is 1. The molecule has 0 unspecified atom stereocenters. The van der Waals surface area contributed by atoms with E-state index in [1.807, 2.05) is 20.0 Å². The quantitative estimate of drug-likeness (QED) is 0.844. The van der Waals surface area contributed by atoms with Gasteiger partial charge in [-0.05, 0) is 39.5 Å². The number of thiazole rings is 1. The van der Waals surface area contributed by atoms with Crippen LogP contribution in [0.2, 0.25) is 0 Å². The molecule has 0 radical (unpaired) electrons. The van der Waals surface area contributed by atoms with Gasteiger partial charge < -0.3 is 10.1 Å². The molecule has 1 N–H and O–H groups in total. The molecule has 5 heteroatoms. The van der Waals surface area contributed by atoms with Gasteiger partial charge in [-0.25, -0.2) is 4.98 Å². The summed E-state index contributed by atoms with van der Waals surface area (Å²) in [6.45, 7) is 5.27. The smallest absolute Gasteiger partial charge is 0.308 e. The molecule has 0 saturated heterocycles. The number of aryl methyl sites for hydroxylation is 1. The maximum Gasteiger partial charge on any atom is 0.308 e. The minimum absolute atomic E-state index is 0.0148. The Morgan fingerprint density at radius 2 is 2.21 bits per heavy atom. The summed E-state index contributed by atoms with van der Waals surface area (Å²) in [5.74, 6) is 0.0997. The maximum absolute atomic E-state index is 11.6. The van der Waals surface area contributed by atoms with Gasteiger partial charge in [0.15, 0.2) is 0 Å². The van der Waals surface area contributed by atoms with Crippen molar-refractivity contribution in [1.82, 2.24) is 10.3 Å². The predicted molar refractivity (Wildman–Crippen MR) is 76.1 cm³/mol. The molecule has 4 nitrogen and oxygen atoms in total. The fourth-order valence-corrected chi connectivity index (χ4v) is 3.27. The fraction of sp³-hybridized carbons (Fsp3) is 0.714. The van der Waals surface area contributed by atoms with Crippen LogP contribution in [-0.4, -0.2) is 23.6 Å². The Labute approximate surface area is 118 Å². The van der Waals surface area contributed by atoms with Crippen molar-refractivity contribution in [2.75, 3.05) is 6.61 Å². The summed E-state index contributed by atoms with van der Waals surface area (Å²) < 4.78 is 5.08. The molecule has 0 amide bonds. The first-order valence-electron chi connectivity index (χ1n) is 7.00. The summed E-state index contributed by atoms with van der Waals surface area (Å²) in [5, 5.41) is 4.67. The third-order valence-corrected chi connectivity index (χ3v) is 4.49. The van der Waals surface area contributed by atoms with Gasteiger partial charge >= 0.3 is 5.97 Å². The molecular weight excluding hydrogens is 260 g/mol. The Kier molecular flexibility index (Phi) is 5.34. The molecule has 1 aliphatic carbocycles. The Balaban J connectivity index is 1.70. The Morgan fingerprint density at radius 3 is 2.79 bits per heavy atom. The van der Waals surface area contributed by atoms with E-state index in [4.69, 9.17) is 4.74 Å². The summed E-state index contributed by atoms with van der Waals surface area (Å²) in [4.78, 5) is 17.2. The monoisotopic (exact) mass is 282 g/mol. The Bertz CT molecular complexity index is 411. The van der Waals surface area contributed by atoms with Gasteiger partial charge in [0, 0.05) is 23.7 Å². The summed E-state index contributed by atoms with van der Waals surface area (Å²) in [5.41, 5.74) is 0. The zero-order valence-electron chi connectivity index (χ0n) is 11.6. The van der Waals surface area contributed by atoms with Crippen molar-refractivity contribution in [3.63, 3.8) is 0 Å². The van der Waals surface area contributed by atoms with E-state index in [1.165, 1.54) is 4.88 Å². The van der Waals surface area contributed by atoms with Gasteiger partial charge in [-0.15, -0.1) is 11.3 Å². The number of carbonyl (C=O) groups is 1. The van der Waals surface area contributed by atoms with E-state index in [2.05, 4.69) is 10.3 Å². The van der Waals surface area contributed by atoms with Crippen molar-refractivity contribution in [3.05, 3.63) is 16.1 Å². The molecule has 0 aromatic carbocycles. The van der Waals surface area contributed by atoms with Crippen molar-refractivity contribution in [3.8, 4) is 0 Å². The number of hydrogen-bond donors (Lipinski definition) is 1. The number of aromatic nitrogens is 1. The van der Waals surface area contributed by atoms with Crippen LogP contribution in [0.15, 0.2) is 6.20 Å². The van der Waals surface area contributed by atoms with Gasteiger partial charge in [0.2, 0.25) is 0 Å². The number of esters is 1. The predicted octanol–water partition coefficient (Wildman–Crippen LogP) is 2.66. The molecule has 19 heavy (non-hydrogen) atoms. The highest BCUT2D eigenvalue weighted by molar-refractivity contribution is 7.11. The molecule has 1 saturated carbocycles. The molecule has 0 aliphatic heterocycles. The highest BCUT2D eigenvalue weighted by Crippen LogP contribution is 2.25. The van der Waals surface area contributed by atoms with Crippen LogP contribution < -0.4 is 5.32 Å². The molecule has 1 aromatic rings. The van der Waals surface area contributed by atoms with Crippen LogP contribution in [0.25, 0.3) is 0 Å². The van der Waals surface area contributed by atoms with E-state index < -0.39 is 0 Å². The van der Waals surface area contributed by atoms with Crippen LogP contribution in [0.3, 0.4) is 0 Å². The molecule has 1 fully saturated rings. The topological polar surface area (TPSA) is 51.2 Å².